The Morgan fingerprint density at radius 1 is 1.07 bits per heavy atom. The van der Waals surface area contributed by atoms with E-state index in [0.29, 0.717) is 18.7 Å². The smallest absolute Gasteiger partial charge is 0.255 e. The third-order valence-corrected chi connectivity index (χ3v) is 6.34. The number of carbonyl (C=O) groups is 3. The Morgan fingerprint density at radius 2 is 1.89 bits per heavy atom. The second-order valence-electron chi connectivity index (χ2n) is 7.94. The zero-order chi connectivity index (χ0) is 19.6. The van der Waals surface area contributed by atoms with Crippen molar-refractivity contribution in [2.75, 3.05) is 18.0 Å². The average molecular weight is 390 g/mol. The Kier molecular flexibility index (Phi) is 3.90. The van der Waals surface area contributed by atoms with Crippen LogP contribution in [0.1, 0.15) is 41.6 Å². The number of imide groups is 1. The molecule has 3 unspecified atom stereocenters. The molecule has 5 aliphatic heterocycles. The van der Waals surface area contributed by atoms with Gasteiger partial charge in [0.25, 0.3) is 5.91 Å². The third-order valence-electron chi connectivity index (χ3n) is 6.34. The Labute approximate surface area is 160 Å². The molecule has 0 saturated carbocycles. The van der Waals surface area contributed by atoms with Gasteiger partial charge >= 0.3 is 0 Å². The van der Waals surface area contributed by atoms with Gasteiger partial charge in [0.2, 0.25) is 11.8 Å². The van der Waals surface area contributed by atoms with E-state index in [2.05, 4.69) is 10.6 Å². The highest BCUT2D eigenvalue weighted by atomic mass is 19.2. The second-order valence-corrected chi connectivity index (χ2v) is 7.94. The topological polar surface area (TPSA) is 81.8 Å². The van der Waals surface area contributed by atoms with Crippen molar-refractivity contribution >= 4 is 23.4 Å². The minimum atomic E-state index is -1.05. The van der Waals surface area contributed by atoms with Crippen LogP contribution in [-0.2, 0) is 16.1 Å². The summed E-state index contributed by atoms with van der Waals surface area (Å²) in [5, 5.41) is 5.62. The summed E-state index contributed by atoms with van der Waals surface area (Å²) in [6, 6.07) is 0.385. The van der Waals surface area contributed by atoms with E-state index < -0.39 is 29.5 Å². The molecule has 1 aromatic carbocycles. The van der Waals surface area contributed by atoms with Crippen molar-refractivity contribution in [3.63, 3.8) is 0 Å². The monoisotopic (exact) mass is 390 g/mol. The summed E-state index contributed by atoms with van der Waals surface area (Å²) in [5.41, 5.74) is 0.684. The number of piperidine rings is 3. The van der Waals surface area contributed by atoms with Gasteiger partial charge in [-0.1, -0.05) is 0 Å². The molecule has 2 N–H and O–H groups in total. The largest absolute Gasteiger partial charge is 0.363 e. The molecular weight excluding hydrogens is 370 g/mol. The van der Waals surface area contributed by atoms with Crippen LogP contribution in [0.25, 0.3) is 0 Å². The maximum Gasteiger partial charge on any atom is 0.255 e. The first-order valence-corrected chi connectivity index (χ1v) is 9.59. The van der Waals surface area contributed by atoms with Crippen LogP contribution in [0.4, 0.5) is 14.5 Å². The van der Waals surface area contributed by atoms with Crippen molar-refractivity contribution < 1.29 is 23.2 Å². The molecule has 3 atom stereocenters. The number of anilines is 1. The molecule has 0 aromatic heterocycles. The van der Waals surface area contributed by atoms with E-state index in [1.54, 1.807) is 0 Å². The number of piperazine rings is 1. The number of carbonyl (C=O) groups excluding carboxylic acids is 3. The fourth-order valence-electron chi connectivity index (χ4n) is 4.91. The lowest BCUT2D eigenvalue weighted by Gasteiger charge is -2.47. The van der Waals surface area contributed by atoms with Crippen molar-refractivity contribution in [1.29, 1.82) is 0 Å². The van der Waals surface area contributed by atoms with E-state index in [1.807, 2.05) is 4.90 Å². The minimum absolute atomic E-state index is 0.0360. The number of nitrogens with zero attached hydrogens (tertiary/aromatic N) is 2. The van der Waals surface area contributed by atoms with E-state index in [9.17, 15) is 23.2 Å². The molecule has 7 nitrogen and oxygen atoms in total. The normalized spacial score (nSPS) is 29.4. The van der Waals surface area contributed by atoms with Crippen LogP contribution in [-0.4, -0.2) is 53.8 Å². The van der Waals surface area contributed by atoms with Crippen LogP contribution in [0.2, 0.25) is 0 Å². The lowest BCUT2D eigenvalue weighted by molar-refractivity contribution is -0.136. The van der Waals surface area contributed by atoms with Crippen molar-refractivity contribution in [2.45, 2.75) is 50.4 Å². The lowest BCUT2D eigenvalue weighted by Crippen LogP contribution is -2.61. The molecule has 4 fully saturated rings. The van der Waals surface area contributed by atoms with Gasteiger partial charge in [0.1, 0.15) is 6.04 Å². The SMILES string of the molecule is O=C1CCC(N2Cc3c(cc(F)c(F)c3N3CC4CCC3CN4)C2=O)C(=O)N1. The standard InChI is InChI=1S/C19H20F2N4O3/c20-13-5-11-12(8-25(19(11)28)14-3-4-15(26)23-18(14)27)17(16(13)21)24-7-9-1-2-10(24)6-22-9/h5,9-10,14,22H,1-4,6-8H2,(H,23,26,27). The highest BCUT2D eigenvalue weighted by Crippen LogP contribution is 2.40. The fraction of sp³-hybridized carbons (Fsp3) is 0.526. The van der Waals surface area contributed by atoms with Crippen molar-refractivity contribution in [2.24, 2.45) is 0 Å². The fourth-order valence-corrected chi connectivity index (χ4v) is 4.91. The quantitative estimate of drug-likeness (QED) is 0.726. The van der Waals surface area contributed by atoms with Gasteiger partial charge in [-0.05, 0) is 25.3 Å². The number of amides is 3. The predicted molar refractivity (Wildman–Crippen MR) is 94.6 cm³/mol. The highest BCUT2D eigenvalue weighted by Gasteiger charge is 2.44. The molecule has 2 bridgehead atoms. The molecule has 0 aliphatic carbocycles. The van der Waals surface area contributed by atoms with E-state index >= 15 is 0 Å². The van der Waals surface area contributed by atoms with Crippen molar-refractivity contribution in [3.8, 4) is 0 Å². The van der Waals surface area contributed by atoms with Gasteiger partial charge < -0.3 is 15.1 Å². The summed E-state index contributed by atoms with van der Waals surface area (Å²) in [7, 11) is 0. The number of hydrogen-bond acceptors (Lipinski definition) is 5. The minimum Gasteiger partial charge on any atom is -0.363 e. The molecule has 0 spiro atoms. The van der Waals surface area contributed by atoms with Crippen molar-refractivity contribution in [3.05, 3.63) is 28.8 Å². The van der Waals surface area contributed by atoms with E-state index in [4.69, 9.17) is 0 Å². The molecule has 1 aromatic rings. The summed E-state index contributed by atoms with van der Waals surface area (Å²) < 4.78 is 29.3. The second kappa shape index (κ2) is 6.23. The summed E-state index contributed by atoms with van der Waals surface area (Å²) in [6.07, 6.45) is 2.21. The summed E-state index contributed by atoms with van der Waals surface area (Å²) >= 11 is 0. The van der Waals surface area contributed by atoms with Crippen LogP contribution >= 0.6 is 0 Å². The van der Waals surface area contributed by atoms with Crippen LogP contribution in [0.3, 0.4) is 0 Å². The molecule has 9 heteroatoms. The zero-order valence-corrected chi connectivity index (χ0v) is 15.1. The Bertz CT molecular complexity index is 898. The molecule has 148 valence electrons. The molecule has 28 heavy (non-hydrogen) atoms. The number of rotatable bonds is 2. The average Bonchev–Trinajstić information content (AvgIpc) is 3.00. The van der Waals surface area contributed by atoms with Gasteiger partial charge in [-0.25, -0.2) is 8.78 Å². The van der Waals surface area contributed by atoms with Crippen LogP contribution in [0.5, 0.6) is 0 Å². The van der Waals surface area contributed by atoms with E-state index in [0.717, 1.165) is 18.9 Å². The number of benzene rings is 1. The Balaban J connectivity index is 1.53. The molecule has 5 aliphatic rings. The van der Waals surface area contributed by atoms with E-state index in [-0.39, 0.29) is 48.6 Å². The summed E-state index contributed by atoms with van der Waals surface area (Å²) in [6.45, 7) is 1.29. The van der Waals surface area contributed by atoms with Crippen molar-refractivity contribution in [1.82, 2.24) is 15.5 Å². The molecule has 4 saturated heterocycles. The first-order valence-electron chi connectivity index (χ1n) is 9.59. The number of fused-ring (bicyclic) bond motifs is 4. The van der Waals surface area contributed by atoms with Crippen LogP contribution < -0.4 is 15.5 Å². The number of hydrogen-bond donors (Lipinski definition) is 2. The highest BCUT2D eigenvalue weighted by molar-refractivity contribution is 6.06. The van der Waals surface area contributed by atoms with Gasteiger partial charge in [-0.2, -0.15) is 0 Å². The molecular formula is C19H20F2N4O3. The third kappa shape index (κ3) is 2.52. The first kappa shape index (κ1) is 17.5. The Morgan fingerprint density at radius 3 is 2.54 bits per heavy atom. The summed E-state index contributed by atoms with van der Waals surface area (Å²) in [4.78, 5) is 39.8. The summed E-state index contributed by atoms with van der Waals surface area (Å²) in [5.74, 6) is -3.41. The number of halogens is 2. The van der Waals surface area contributed by atoms with Gasteiger partial charge in [0.15, 0.2) is 11.6 Å². The maximum absolute atomic E-state index is 14.9. The Hall–Kier alpha value is -2.55. The van der Waals surface area contributed by atoms with Crippen LogP contribution in [0.15, 0.2) is 6.07 Å². The first-order chi connectivity index (χ1) is 13.4. The predicted octanol–water partition coefficient (Wildman–Crippen LogP) is 0.666. The maximum atomic E-state index is 14.9. The van der Waals surface area contributed by atoms with Gasteiger partial charge in [0.05, 0.1) is 5.69 Å². The zero-order valence-electron chi connectivity index (χ0n) is 15.1. The molecule has 0 radical (unpaired) electrons. The molecule has 6 rings (SSSR count). The van der Waals surface area contributed by atoms with Gasteiger partial charge in [0, 0.05) is 49.3 Å². The van der Waals surface area contributed by atoms with Gasteiger partial charge in [-0.3, -0.25) is 19.7 Å². The number of nitrogens with one attached hydrogen (secondary N) is 2. The van der Waals surface area contributed by atoms with E-state index in [1.165, 1.54) is 4.90 Å². The lowest BCUT2D eigenvalue weighted by atomic mass is 9.91. The van der Waals surface area contributed by atoms with Gasteiger partial charge in [-0.15, -0.1) is 0 Å². The van der Waals surface area contributed by atoms with Crippen LogP contribution in [0, 0.1) is 11.6 Å². The molecule has 3 amide bonds. The molecule has 5 heterocycles.